The van der Waals surface area contributed by atoms with Crippen molar-refractivity contribution in [3.05, 3.63) is 29.3 Å². The molecule has 0 radical (unpaired) electrons. The lowest BCUT2D eigenvalue weighted by Crippen LogP contribution is -2.42. The van der Waals surface area contributed by atoms with Crippen molar-refractivity contribution in [3.63, 3.8) is 0 Å². The zero-order valence-corrected chi connectivity index (χ0v) is 13.7. The van der Waals surface area contributed by atoms with Crippen LogP contribution in [0.2, 0.25) is 0 Å². The van der Waals surface area contributed by atoms with Crippen molar-refractivity contribution in [2.75, 3.05) is 26.2 Å². The van der Waals surface area contributed by atoms with Crippen LogP contribution in [0.15, 0.2) is 18.2 Å². The summed E-state index contributed by atoms with van der Waals surface area (Å²) in [7, 11) is 0. The molecule has 0 aliphatic rings. The van der Waals surface area contributed by atoms with Gasteiger partial charge in [0.1, 0.15) is 12.4 Å². The minimum atomic E-state index is 0.00302. The van der Waals surface area contributed by atoms with Crippen molar-refractivity contribution < 1.29 is 9.53 Å². The van der Waals surface area contributed by atoms with E-state index in [1.54, 1.807) is 0 Å². The topological polar surface area (TPSA) is 41.6 Å². The summed E-state index contributed by atoms with van der Waals surface area (Å²) in [4.78, 5) is 13.9. The van der Waals surface area contributed by atoms with E-state index in [1.165, 1.54) is 5.56 Å². The molecule has 0 saturated carbocycles. The first-order valence-corrected chi connectivity index (χ1v) is 7.81. The maximum atomic E-state index is 12.0. The van der Waals surface area contributed by atoms with Gasteiger partial charge >= 0.3 is 6.03 Å². The molecule has 0 aromatic heterocycles. The predicted molar refractivity (Wildman–Crippen MR) is 87.0 cm³/mol. The third kappa shape index (κ3) is 6.06. The lowest BCUT2D eigenvalue weighted by molar-refractivity contribution is 0.194. The third-order valence-electron chi connectivity index (χ3n) is 3.25. The van der Waals surface area contributed by atoms with E-state index >= 15 is 0 Å². The fraction of sp³-hybridized carbons (Fsp3) is 0.588. The largest absolute Gasteiger partial charge is 0.491 e. The van der Waals surface area contributed by atoms with E-state index in [9.17, 15) is 4.79 Å². The molecule has 0 aliphatic heterocycles. The van der Waals surface area contributed by atoms with Gasteiger partial charge in [0.2, 0.25) is 0 Å². The second-order valence-corrected chi connectivity index (χ2v) is 5.34. The van der Waals surface area contributed by atoms with Crippen LogP contribution in [0.5, 0.6) is 5.75 Å². The Hall–Kier alpha value is -1.71. The second-order valence-electron chi connectivity index (χ2n) is 5.34. The first-order chi connectivity index (χ1) is 10.1. The Morgan fingerprint density at radius 2 is 1.86 bits per heavy atom. The number of hydrogen-bond acceptors (Lipinski definition) is 2. The lowest BCUT2D eigenvalue weighted by atomic mass is 10.1. The number of benzene rings is 1. The number of nitrogens with zero attached hydrogens (tertiary/aromatic N) is 1. The van der Waals surface area contributed by atoms with Crippen LogP contribution in [0.3, 0.4) is 0 Å². The van der Waals surface area contributed by atoms with Gasteiger partial charge in [-0.2, -0.15) is 0 Å². The fourth-order valence-corrected chi connectivity index (χ4v) is 2.15. The maximum Gasteiger partial charge on any atom is 0.317 e. The summed E-state index contributed by atoms with van der Waals surface area (Å²) in [6.45, 7) is 10.9. The highest BCUT2D eigenvalue weighted by molar-refractivity contribution is 5.74. The summed E-state index contributed by atoms with van der Waals surface area (Å²) in [6.07, 6.45) is 1.96. The molecule has 21 heavy (non-hydrogen) atoms. The molecule has 1 aromatic rings. The average molecular weight is 292 g/mol. The van der Waals surface area contributed by atoms with Gasteiger partial charge in [-0.25, -0.2) is 4.79 Å². The van der Waals surface area contributed by atoms with Crippen molar-refractivity contribution in [2.24, 2.45) is 0 Å². The van der Waals surface area contributed by atoms with Crippen LogP contribution in [-0.4, -0.2) is 37.2 Å². The van der Waals surface area contributed by atoms with E-state index in [0.29, 0.717) is 13.2 Å². The van der Waals surface area contributed by atoms with Crippen LogP contribution in [-0.2, 0) is 0 Å². The molecule has 4 nitrogen and oxygen atoms in total. The highest BCUT2D eigenvalue weighted by atomic mass is 16.5. The Morgan fingerprint density at radius 1 is 1.19 bits per heavy atom. The number of rotatable bonds is 8. The highest BCUT2D eigenvalue weighted by Crippen LogP contribution is 2.18. The monoisotopic (exact) mass is 292 g/mol. The highest BCUT2D eigenvalue weighted by Gasteiger charge is 2.10. The number of amides is 2. The average Bonchev–Trinajstić information content (AvgIpc) is 2.46. The molecule has 0 heterocycles. The van der Waals surface area contributed by atoms with E-state index < -0.39 is 0 Å². The van der Waals surface area contributed by atoms with Gasteiger partial charge in [-0.15, -0.1) is 0 Å². The Morgan fingerprint density at radius 3 is 2.48 bits per heavy atom. The van der Waals surface area contributed by atoms with Crippen LogP contribution in [0, 0.1) is 13.8 Å². The summed E-state index contributed by atoms with van der Waals surface area (Å²) in [5, 5.41) is 2.92. The van der Waals surface area contributed by atoms with Gasteiger partial charge in [0, 0.05) is 13.1 Å². The number of ether oxygens (including phenoxy) is 1. The van der Waals surface area contributed by atoms with Crippen LogP contribution >= 0.6 is 0 Å². The molecule has 1 rings (SSSR count). The lowest BCUT2D eigenvalue weighted by Gasteiger charge is -2.22. The summed E-state index contributed by atoms with van der Waals surface area (Å²) in [5.41, 5.74) is 2.29. The van der Waals surface area contributed by atoms with Crippen molar-refractivity contribution in [1.29, 1.82) is 0 Å². The fourth-order valence-electron chi connectivity index (χ4n) is 2.15. The zero-order valence-electron chi connectivity index (χ0n) is 13.7. The Kier molecular flexibility index (Phi) is 7.65. The van der Waals surface area contributed by atoms with Gasteiger partial charge < -0.3 is 15.0 Å². The Bertz CT molecular complexity index is 440. The summed E-state index contributed by atoms with van der Waals surface area (Å²) >= 11 is 0. The van der Waals surface area contributed by atoms with Gasteiger partial charge in [-0.05, 0) is 43.9 Å². The molecule has 1 N–H and O–H groups in total. The van der Waals surface area contributed by atoms with Gasteiger partial charge in [-0.3, -0.25) is 0 Å². The Balaban J connectivity index is 2.35. The number of carbonyl (C=O) groups is 1. The van der Waals surface area contributed by atoms with Crippen molar-refractivity contribution in [2.45, 2.75) is 40.5 Å². The SMILES string of the molecule is CCCN(CCC)C(=O)NCCOc1cc(C)ccc1C. The minimum Gasteiger partial charge on any atom is -0.491 e. The molecule has 2 amide bonds. The molecule has 0 bridgehead atoms. The smallest absolute Gasteiger partial charge is 0.317 e. The zero-order chi connectivity index (χ0) is 15.7. The van der Waals surface area contributed by atoms with Gasteiger partial charge in [-0.1, -0.05) is 26.0 Å². The van der Waals surface area contributed by atoms with E-state index in [0.717, 1.165) is 37.2 Å². The molecule has 0 saturated heterocycles. The van der Waals surface area contributed by atoms with Gasteiger partial charge in [0.25, 0.3) is 0 Å². The predicted octanol–water partition coefficient (Wildman–Crippen LogP) is 3.51. The van der Waals surface area contributed by atoms with Gasteiger partial charge in [0.05, 0.1) is 6.54 Å². The summed E-state index contributed by atoms with van der Waals surface area (Å²) < 4.78 is 5.73. The van der Waals surface area contributed by atoms with E-state index in [-0.39, 0.29) is 6.03 Å². The molecule has 4 heteroatoms. The van der Waals surface area contributed by atoms with Crippen LogP contribution < -0.4 is 10.1 Å². The number of aryl methyl sites for hydroxylation is 2. The van der Waals surface area contributed by atoms with Crippen molar-refractivity contribution in [1.82, 2.24) is 10.2 Å². The first-order valence-electron chi connectivity index (χ1n) is 7.81. The van der Waals surface area contributed by atoms with Crippen LogP contribution in [0.4, 0.5) is 4.79 Å². The molecule has 118 valence electrons. The van der Waals surface area contributed by atoms with Crippen molar-refractivity contribution >= 4 is 6.03 Å². The summed E-state index contributed by atoms with van der Waals surface area (Å²) in [5.74, 6) is 0.892. The molecule has 0 spiro atoms. The standard InChI is InChI=1S/C17H28N2O2/c1-5-10-19(11-6-2)17(20)18-9-12-21-16-13-14(3)7-8-15(16)4/h7-8,13H,5-6,9-12H2,1-4H3,(H,18,20). The number of carbonyl (C=O) groups excluding carboxylic acids is 1. The van der Waals surface area contributed by atoms with E-state index in [1.807, 2.05) is 30.9 Å². The first kappa shape index (κ1) is 17.3. The van der Waals surface area contributed by atoms with Crippen molar-refractivity contribution in [3.8, 4) is 5.75 Å². The Labute approximate surface area is 128 Å². The number of nitrogens with one attached hydrogen (secondary N) is 1. The molecular formula is C17H28N2O2. The third-order valence-corrected chi connectivity index (χ3v) is 3.25. The summed E-state index contributed by atoms with van der Waals surface area (Å²) in [6, 6.07) is 6.14. The molecular weight excluding hydrogens is 264 g/mol. The van der Waals surface area contributed by atoms with Crippen LogP contribution in [0.25, 0.3) is 0 Å². The normalized spacial score (nSPS) is 10.3. The number of urea groups is 1. The molecule has 1 aromatic carbocycles. The van der Waals surface area contributed by atoms with E-state index in [4.69, 9.17) is 4.74 Å². The maximum absolute atomic E-state index is 12.0. The molecule has 0 aliphatic carbocycles. The van der Waals surface area contributed by atoms with Crippen LogP contribution in [0.1, 0.15) is 37.8 Å². The molecule has 0 fully saturated rings. The molecule has 0 atom stereocenters. The molecule has 0 unspecified atom stereocenters. The van der Waals surface area contributed by atoms with Gasteiger partial charge in [0.15, 0.2) is 0 Å². The van der Waals surface area contributed by atoms with E-state index in [2.05, 4.69) is 25.2 Å². The second kappa shape index (κ2) is 9.27. The minimum absolute atomic E-state index is 0.00302. The number of hydrogen-bond donors (Lipinski definition) is 1. The quantitative estimate of drug-likeness (QED) is 0.745.